The number of fused-ring (bicyclic) bond motifs is 1. The Morgan fingerprint density at radius 2 is 1.85 bits per heavy atom. The predicted octanol–water partition coefficient (Wildman–Crippen LogP) is 7.50. The Morgan fingerprint density at radius 1 is 1.06 bits per heavy atom. The molecule has 7 heteroatoms. The molecule has 1 saturated heterocycles. The zero-order chi connectivity index (χ0) is 24.0. The van der Waals surface area contributed by atoms with E-state index in [0.29, 0.717) is 20.8 Å². The minimum absolute atomic E-state index is 0.128. The number of carbonyl (C=O) groups is 1. The highest BCUT2D eigenvalue weighted by Gasteiger charge is 2.33. The molecule has 3 aromatic carbocycles. The summed E-state index contributed by atoms with van der Waals surface area (Å²) in [6.45, 7) is 4.55. The molecule has 4 aromatic rings. The van der Waals surface area contributed by atoms with Gasteiger partial charge in [0.2, 0.25) is 0 Å². The molecule has 34 heavy (non-hydrogen) atoms. The van der Waals surface area contributed by atoms with Crippen molar-refractivity contribution < 1.29 is 9.18 Å². The molecule has 170 valence electrons. The molecule has 2 heterocycles. The van der Waals surface area contributed by atoms with Crippen LogP contribution in [-0.4, -0.2) is 14.8 Å². The van der Waals surface area contributed by atoms with Crippen LogP contribution in [0.5, 0.6) is 0 Å². The third kappa shape index (κ3) is 4.17. The largest absolute Gasteiger partial charge is 0.342 e. The fraction of sp³-hybridized carbons (Fsp3) is 0.111. The van der Waals surface area contributed by atoms with Gasteiger partial charge in [-0.25, -0.2) is 4.39 Å². The molecule has 1 aromatic heterocycles. The first kappa shape index (κ1) is 22.8. The fourth-order valence-electron chi connectivity index (χ4n) is 4.05. The molecule has 3 nitrogen and oxygen atoms in total. The number of aromatic nitrogens is 1. The van der Waals surface area contributed by atoms with E-state index >= 15 is 0 Å². The number of benzene rings is 3. The Labute approximate surface area is 211 Å². The highest BCUT2D eigenvalue weighted by molar-refractivity contribution is 8.27. The van der Waals surface area contributed by atoms with Crippen molar-refractivity contribution in [1.82, 2.24) is 4.57 Å². The monoisotopic (exact) mass is 506 g/mol. The zero-order valence-corrected chi connectivity index (χ0v) is 20.9. The van der Waals surface area contributed by atoms with Gasteiger partial charge in [0.25, 0.3) is 5.91 Å². The molecule has 0 spiro atoms. The summed E-state index contributed by atoms with van der Waals surface area (Å²) in [5, 5.41) is 1.39. The SMILES string of the molecule is Cc1ccc(N2C(=O)/C(=C/c3cn(Cc4ccc(F)cc4Cl)c4ccccc34)SC2=S)cc1C. The van der Waals surface area contributed by atoms with Crippen molar-refractivity contribution in [2.45, 2.75) is 20.4 Å². The summed E-state index contributed by atoms with van der Waals surface area (Å²) < 4.78 is 16.1. The number of anilines is 1. The first-order valence-corrected chi connectivity index (χ1v) is 12.3. The van der Waals surface area contributed by atoms with Crippen molar-refractivity contribution >= 4 is 68.5 Å². The Balaban J connectivity index is 1.52. The molecule has 0 unspecified atom stereocenters. The van der Waals surface area contributed by atoms with Crippen molar-refractivity contribution in [3.63, 3.8) is 0 Å². The van der Waals surface area contributed by atoms with E-state index in [2.05, 4.69) is 4.57 Å². The smallest absolute Gasteiger partial charge is 0.270 e. The number of rotatable bonds is 4. The van der Waals surface area contributed by atoms with E-state index in [9.17, 15) is 9.18 Å². The maximum atomic E-state index is 13.5. The summed E-state index contributed by atoms with van der Waals surface area (Å²) >= 11 is 13.1. The maximum Gasteiger partial charge on any atom is 0.270 e. The zero-order valence-electron chi connectivity index (χ0n) is 18.5. The van der Waals surface area contributed by atoms with Crippen molar-refractivity contribution in [2.24, 2.45) is 0 Å². The van der Waals surface area contributed by atoms with Crippen molar-refractivity contribution in [3.8, 4) is 0 Å². The number of thiocarbonyl (C=S) groups is 1. The molecular formula is C27H20ClFN2OS2. The lowest BCUT2D eigenvalue weighted by molar-refractivity contribution is -0.113. The van der Waals surface area contributed by atoms with Crippen LogP contribution in [0, 0.1) is 19.7 Å². The van der Waals surface area contributed by atoms with Gasteiger partial charge in [-0.1, -0.05) is 65.9 Å². The summed E-state index contributed by atoms with van der Waals surface area (Å²) in [6.07, 6.45) is 3.89. The van der Waals surface area contributed by atoms with Crippen LogP contribution in [0.15, 0.2) is 71.8 Å². The molecule has 1 fully saturated rings. The third-order valence-electron chi connectivity index (χ3n) is 6.00. The van der Waals surface area contributed by atoms with Crippen molar-refractivity contribution in [2.75, 3.05) is 4.90 Å². The topological polar surface area (TPSA) is 25.2 Å². The number of halogens is 2. The Morgan fingerprint density at radius 3 is 2.62 bits per heavy atom. The van der Waals surface area contributed by atoms with Gasteiger partial charge in [0.05, 0.1) is 10.6 Å². The van der Waals surface area contributed by atoms with Crippen LogP contribution < -0.4 is 4.90 Å². The van der Waals surface area contributed by atoms with Gasteiger partial charge < -0.3 is 4.57 Å². The first-order chi connectivity index (χ1) is 16.3. The fourth-order valence-corrected chi connectivity index (χ4v) is 5.57. The van der Waals surface area contributed by atoms with E-state index < -0.39 is 0 Å². The van der Waals surface area contributed by atoms with Gasteiger partial charge in [-0.3, -0.25) is 9.69 Å². The van der Waals surface area contributed by atoms with E-state index in [1.165, 1.54) is 29.5 Å². The van der Waals surface area contributed by atoms with Crippen LogP contribution in [0.3, 0.4) is 0 Å². The van der Waals surface area contributed by atoms with Gasteiger partial charge in [0, 0.05) is 34.2 Å². The number of nitrogens with zero attached hydrogens (tertiary/aromatic N) is 2. The second kappa shape index (κ2) is 9.02. The summed E-state index contributed by atoms with van der Waals surface area (Å²) in [5.41, 5.74) is 5.78. The van der Waals surface area contributed by atoms with Crippen molar-refractivity contribution in [1.29, 1.82) is 0 Å². The van der Waals surface area contributed by atoms with E-state index in [4.69, 9.17) is 23.8 Å². The van der Waals surface area contributed by atoms with Crippen LogP contribution in [0.25, 0.3) is 17.0 Å². The summed E-state index contributed by atoms with van der Waals surface area (Å²) in [7, 11) is 0. The van der Waals surface area contributed by atoms with E-state index in [0.717, 1.165) is 33.3 Å². The molecule has 0 bridgehead atoms. The number of aryl methyl sites for hydroxylation is 2. The standard InChI is InChI=1S/C27H20ClFN2OS2/c1-16-7-10-21(11-17(16)2)31-26(32)25(34-27(31)33)12-19-15-30(24-6-4-3-5-22(19)24)14-18-8-9-20(29)13-23(18)28/h3-13,15H,14H2,1-2H3/b25-12-. The lowest BCUT2D eigenvalue weighted by atomic mass is 10.1. The van der Waals surface area contributed by atoms with Crippen molar-refractivity contribution in [3.05, 3.63) is 105 Å². The Kier molecular flexibility index (Phi) is 6.06. The molecule has 0 atom stereocenters. The summed E-state index contributed by atoms with van der Waals surface area (Å²) in [5.74, 6) is -0.491. The van der Waals surface area contributed by atoms with Gasteiger partial charge in [0.1, 0.15) is 5.82 Å². The van der Waals surface area contributed by atoms with Gasteiger partial charge in [-0.15, -0.1) is 0 Å². The van der Waals surface area contributed by atoms with E-state index in [-0.39, 0.29) is 11.7 Å². The number of thioether (sulfide) groups is 1. The molecule has 1 amide bonds. The summed E-state index contributed by atoms with van der Waals surface area (Å²) in [6, 6.07) is 18.3. The molecule has 5 rings (SSSR count). The number of hydrogen-bond acceptors (Lipinski definition) is 3. The molecule has 1 aliphatic rings. The first-order valence-electron chi connectivity index (χ1n) is 10.7. The number of amides is 1. The quantitative estimate of drug-likeness (QED) is 0.211. The highest BCUT2D eigenvalue weighted by Crippen LogP contribution is 2.38. The van der Waals surface area contributed by atoms with Crippen LogP contribution in [0.1, 0.15) is 22.3 Å². The van der Waals surface area contributed by atoms with Crippen LogP contribution in [0.4, 0.5) is 10.1 Å². The van der Waals surface area contributed by atoms with Crippen LogP contribution in [-0.2, 0) is 11.3 Å². The second-order valence-electron chi connectivity index (χ2n) is 8.25. The van der Waals surface area contributed by atoms with Crippen LogP contribution in [0.2, 0.25) is 5.02 Å². The highest BCUT2D eigenvalue weighted by atomic mass is 35.5. The average Bonchev–Trinajstić information content (AvgIpc) is 3.29. The van der Waals surface area contributed by atoms with Gasteiger partial charge in [-0.05, 0) is 66.9 Å². The average molecular weight is 507 g/mol. The summed E-state index contributed by atoms with van der Waals surface area (Å²) in [4.78, 5) is 15.5. The molecule has 1 aliphatic heterocycles. The van der Waals surface area contributed by atoms with Crippen LogP contribution >= 0.6 is 35.6 Å². The lowest BCUT2D eigenvalue weighted by Crippen LogP contribution is -2.27. The molecule has 0 aliphatic carbocycles. The van der Waals surface area contributed by atoms with E-state index in [1.54, 1.807) is 11.0 Å². The van der Waals surface area contributed by atoms with E-state index in [1.807, 2.05) is 68.6 Å². The number of carbonyl (C=O) groups excluding carboxylic acids is 1. The minimum Gasteiger partial charge on any atom is -0.342 e. The maximum absolute atomic E-state index is 13.5. The van der Waals surface area contributed by atoms with Gasteiger partial charge in [0.15, 0.2) is 4.32 Å². The number of para-hydroxylation sites is 1. The number of hydrogen-bond donors (Lipinski definition) is 0. The van der Waals surface area contributed by atoms with Gasteiger partial charge >= 0.3 is 0 Å². The Hall–Kier alpha value is -2.93. The third-order valence-corrected chi connectivity index (χ3v) is 7.66. The molecule has 0 radical (unpaired) electrons. The predicted molar refractivity (Wildman–Crippen MR) is 144 cm³/mol. The normalized spacial score (nSPS) is 15.2. The lowest BCUT2D eigenvalue weighted by Gasteiger charge is -2.15. The minimum atomic E-state index is -0.363. The second-order valence-corrected chi connectivity index (χ2v) is 10.3. The Bertz CT molecular complexity index is 1510. The molecule has 0 N–H and O–H groups in total. The molecule has 0 saturated carbocycles. The van der Waals surface area contributed by atoms with Gasteiger partial charge in [-0.2, -0.15) is 0 Å². The molecular weight excluding hydrogens is 487 g/mol.